The predicted octanol–water partition coefficient (Wildman–Crippen LogP) is 2.61. The number of halogens is 1. The van der Waals surface area contributed by atoms with Crippen LogP contribution in [-0.4, -0.2) is 62.4 Å². The minimum Gasteiger partial charge on any atom is -0.356 e. The number of likely N-dealkylation sites (tertiary alicyclic amines) is 1. The lowest BCUT2D eigenvalue weighted by Crippen LogP contribution is -2.46. The van der Waals surface area contributed by atoms with Crippen molar-refractivity contribution < 1.29 is 4.79 Å². The fourth-order valence-corrected chi connectivity index (χ4v) is 3.13. The molecule has 0 aromatic heterocycles. The number of aliphatic imine (C=N–C) groups is 1. The third kappa shape index (κ3) is 7.22. The normalized spacial score (nSPS) is 15.5. The highest BCUT2D eigenvalue weighted by atomic mass is 127. The maximum atomic E-state index is 11.6. The molecule has 140 valence electrons. The molecule has 0 bridgehead atoms. The van der Waals surface area contributed by atoms with Gasteiger partial charge in [-0.3, -0.25) is 9.79 Å². The number of amides is 1. The maximum Gasteiger partial charge on any atom is 0.223 e. The summed E-state index contributed by atoms with van der Waals surface area (Å²) in [5.74, 6) is 1.80. The SMILES string of the molecule is CN=C(NCCC(=O)N(C)C)N1CCC(Cc2ccccc2)CC1.I. The van der Waals surface area contributed by atoms with Crippen molar-refractivity contribution in [2.75, 3.05) is 40.8 Å². The molecule has 1 amide bonds. The van der Waals surface area contributed by atoms with E-state index < -0.39 is 0 Å². The minimum absolute atomic E-state index is 0. The van der Waals surface area contributed by atoms with Gasteiger partial charge in [-0.05, 0) is 30.7 Å². The third-order valence-corrected chi connectivity index (χ3v) is 4.61. The number of hydrogen-bond donors (Lipinski definition) is 1. The molecule has 1 heterocycles. The molecule has 2 rings (SSSR count). The Hall–Kier alpha value is -1.31. The van der Waals surface area contributed by atoms with Gasteiger partial charge in [-0.2, -0.15) is 0 Å². The van der Waals surface area contributed by atoms with E-state index in [1.165, 1.54) is 18.4 Å². The average Bonchev–Trinajstić information content (AvgIpc) is 2.60. The number of piperidine rings is 1. The van der Waals surface area contributed by atoms with Crippen LogP contribution in [0.25, 0.3) is 0 Å². The summed E-state index contributed by atoms with van der Waals surface area (Å²) in [6, 6.07) is 10.7. The fourth-order valence-electron chi connectivity index (χ4n) is 3.13. The average molecular weight is 458 g/mol. The van der Waals surface area contributed by atoms with E-state index in [9.17, 15) is 4.79 Å². The minimum atomic E-state index is 0. The van der Waals surface area contributed by atoms with Crippen LogP contribution in [0, 0.1) is 5.92 Å². The molecule has 1 aliphatic rings. The van der Waals surface area contributed by atoms with Crippen LogP contribution in [-0.2, 0) is 11.2 Å². The third-order valence-electron chi connectivity index (χ3n) is 4.61. The number of carbonyl (C=O) groups is 1. The number of hydrogen-bond acceptors (Lipinski definition) is 2. The van der Waals surface area contributed by atoms with Gasteiger partial charge in [0.1, 0.15) is 0 Å². The second-order valence-electron chi connectivity index (χ2n) is 6.63. The molecule has 25 heavy (non-hydrogen) atoms. The van der Waals surface area contributed by atoms with Crippen molar-refractivity contribution in [3.05, 3.63) is 35.9 Å². The van der Waals surface area contributed by atoms with Gasteiger partial charge >= 0.3 is 0 Å². The number of guanidine groups is 1. The molecule has 0 aliphatic carbocycles. The predicted molar refractivity (Wildman–Crippen MR) is 115 cm³/mol. The second kappa shape index (κ2) is 11.3. The molecular formula is C19H31IN4O. The molecule has 0 saturated carbocycles. The quantitative estimate of drug-likeness (QED) is 0.419. The molecule has 5 nitrogen and oxygen atoms in total. The van der Waals surface area contributed by atoms with Crippen LogP contribution in [0.2, 0.25) is 0 Å². The van der Waals surface area contributed by atoms with E-state index in [1.54, 1.807) is 19.0 Å². The Balaban J connectivity index is 0.00000312. The zero-order valence-electron chi connectivity index (χ0n) is 15.6. The number of carbonyl (C=O) groups excluding carboxylic acids is 1. The van der Waals surface area contributed by atoms with E-state index in [1.807, 2.05) is 7.05 Å². The smallest absolute Gasteiger partial charge is 0.223 e. The Bertz CT molecular complexity index is 540. The fraction of sp³-hybridized carbons (Fsp3) is 0.579. The van der Waals surface area contributed by atoms with Crippen LogP contribution in [0.1, 0.15) is 24.8 Å². The molecule has 1 aliphatic heterocycles. The Morgan fingerprint density at radius 3 is 2.44 bits per heavy atom. The van der Waals surface area contributed by atoms with Crippen molar-refractivity contribution in [1.82, 2.24) is 15.1 Å². The monoisotopic (exact) mass is 458 g/mol. The Kier molecular flexibility index (Phi) is 9.85. The molecule has 1 fully saturated rings. The van der Waals surface area contributed by atoms with Gasteiger partial charge in [0.05, 0.1) is 0 Å². The Morgan fingerprint density at radius 2 is 1.88 bits per heavy atom. The van der Waals surface area contributed by atoms with E-state index in [0.29, 0.717) is 13.0 Å². The second-order valence-corrected chi connectivity index (χ2v) is 6.63. The van der Waals surface area contributed by atoms with Crippen molar-refractivity contribution in [2.24, 2.45) is 10.9 Å². The number of nitrogens with one attached hydrogen (secondary N) is 1. The van der Waals surface area contributed by atoms with E-state index in [0.717, 1.165) is 31.4 Å². The lowest BCUT2D eigenvalue weighted by Gasteiger charge is -2.34. The Labute approximate surface area is 168 Å². The molecule has 0 atom stereocenters. The first-order valence-corrected chi connectivity index (χ1v) is 8.80. The summed E-state index contributed by atoms with van der Waals surface area (Å²) in [6.45, 7) is 2.69. The van der Waals surface area contributed by atoms with Crippen molar-refractivity contribution >= 4 is 35.8 Å². The maximum absolute atomic E-state index is 11.6. The number of nitrogens with zero attached hydrogens (tertiary/aromatic N) is 3. The molecular weight excluding hydrogens is 427 g/mol. The summed E-state index contributed by atoms with van der Waals surface area (Å²) in [6.07, 6.45) is 4.03. The first-order chi connectivity index (χ1) is 11.6. The summed E-state index contributed by atoms with van der Waals surface area (Å²) in [5.41, 5.74) is 1.43. The highest BCUT2D eigenvalue weighted by Crippen LogP contribution is 2.21. The highest BCUT2D eigenvalue weighted by molar-refractivity contribution is 14.0. The summed E-state index contributed by atoms with van der Waals surface area (Å²) in [5, 5.41) is 3.32. The summed E-state index contributed by atoms with van der Waals surface area (Å²) >= 11 is 0. The van der Waals surface area contributed by atoms with Crippen LogP contribution in [0.4, 0.5) is 0 Å². The zero-order valence-corrected chi connectivity index (χ0v) is 17.9. The van der Waals surface area contributed by atoms with Gasteiger partial charge in [0, 0.05) is 47.2 Å². The molecule has 0 radical (unpaired) electrons. The van der Waals surface area contributed by atoms with Crippen LogP contribution < -0.4 is 5.32 Å². The van der Waals surface area contributed by atoms with E-state index in [-0.39, 0.29) is 29.9 Å². The van der Waals surface area contributed by atoms with E-state index in [2.05, 4.69) is 45.5 Å². The van der Waals surface area contributed by atoms with Gasteiger partial charge in [-0.25, -0.2) is 0 Å². The molecule has 0 spiro atoms. The first kappa shape index (κ1) is 21.7. The molecule has 1 aromatic carbocycles. The van der Waals surface area contributed by atoms with Crippen molar-refractivity contribution in [2.45, 2.75) is 25.7 Å². The van der Waals surface area contributed by atoms with Gasteiger partial charge in [0.25, 0.3) is 0 Å². The molecule has 1 saturated heterocycles. The Morgan fingerprint density at radius 1 is 1.24 bits per heavy atom. The van der Waals surface area contributed by atoms with E-state index in [4.69, 9.17) is 0 Å². The van der Waals surface area contributed by atoms with E-state index >= 15 is 0 Å². The van der Waals surface area contributed by atoms with Crippen LogP contribution in [0.15, 0.2) is 35.3 Å². The molecule has 1 aromatic rings. The molecule has 0 unspecified atom stereocenters. The topological polar surface area (TPSA) is 47.9 Å². The zero-order chi connectivity index (χ0) is 17.4. The lowest BCUT2D eigenvalue weighted by atomic mass is 9.90. The summed E-state index contributed by atoms with van der Waals surface area (Å²) in [4.78, 5) is 19.9. The van der Waals surface area contributed by atoms with Gasteiger partial charge < -0.3 is 15.1 Å². The first-order valence-electron chi connectivity index (χ1n) is 8.80. The van der Waals surface area contributed by atoms with Gasteiger partial charge in [-0.15, -0.1) is 24.0 Å². The summed E-state index contributed by atoms with van der Waals surface area (Å²) in [7, 11) is 5.38. The summed E-state index contributed by atoms with van der Waals surface area (Å²) < 4.78 is 0. The standard InChI is InChI=1S/C19H30N4O.HI/c1-20-19(21-12-9-18(24)22(2)3)23-13-10-17(11-14-23)15-16-7-5-4-6-8-16;/h4-8,17H,9-15H2,1-3H3,(H,20,21);1H. The molecule has 6 heteroatoms. The van der Waals surface area contributed by atoms with Crippen molar-refractivity contribution in [3.8, 4) is 0 Å². The van der Waals surface area contributed by atoms with Crippen LogP contribution in [0.5, 0.6) is 0 Å². The van der Waals surface area contributed by atoms with Crippen molar-refractivity contribution in [1.29, 1.82) is 0 Å². The van der Waals surface area contributed by atoms with Gasteiger partial charge in [0.15, 0.2) is 5.96 Å². The molecule has 1 N–H and O–H groups in total. The number of benzene rings is 1. The van der Waals surface area contributed by atoms with Gasteiger partial charge in [0.2, 0.25) is 5.91 Å². The highest BCUT2D eigenvalue weighted by Gasteiger charge is 2.21. The number of rotatable bonds is 5. The van der Waals surface area contributed by atoms with Gasteiger partial charge in [-0.1, -0.05) is 30.3 Å². The van der Waals surface area contributed by atoms with Crippen LogP contribution in [0.3, 0.4) is 0 Å². The lowest BCUT2D eigenvalue weighted by molar-refractivity contribution is -0.128. The van der Waals surface area contributed by atoms with Crippen LogP contribution >= 0.6 is 24.0 Å². The van der Waals surface area contributed by atoms with Crippen molar-refractivity contribution in [3.63, 3.8) is 0 Å². The largest absolute Gasteiger partial charge is 0.356 e.